The molecule has 0 aliphatic heterocycles. The molecule has 142 valence electrons. The molecule has 9 heteroatoms. The average Bonchev–Trinajstić information content (AvgIpc) is 2.52. The molecule has 2 rings (SSSR count). The van der Waals surface area contributed by atoms with Crippen LogP contribution in [0.15, 0.2) is 36.9 Å². The third kappa shape index (κ3) is 4.76. The molecule has 2 aromatic rings. The van der Waals surface area contributed by atoms with Crippen molar-refractivity contribution in [3.63, 3.8) is 0 Å². The fourth-order valence-corrected chi connectivity index (χ4v) is 2.45. The molecule has 5 nitrogen and oxygen atoms in total. The second-order valence-electron chi connectivity index (χ2n) is 6.67. The Balaban J connectivity index is 2.22. The second kappa shape index (κ2) is 7.28. The lowest BCUT2D eigenvalue weighted by molar-refractivity contribution is -0.274. The number of alkyl halides is 3. The van der Waals surface area contributed by atoms with E-state index in [9.17, 15) is 18.3 Å². The molecule has 0 aliphatic rings. The van der Waals surface area contributed by atoms with Crippen molar-refractivity contribution in [3.05, 3.63) is 47.5 Å². The number of benzene rings is 1. The Kier molecular flexibility index (Phi) is 5.67. The van der Waals surface area contributed by atoms with Gasteiger partial charge in [-0.1, -0.05) is 32.4 Å². The van der Waals surface area contributed by atoms with Crippen LogP contribution in [0, 0.1) is 5.41 Å². The summed E-state index contributed by atoms with van der Waals surface area (Å²) in [6.45, 7) is 5.23. The Hall–Kier alpha value is -2.06. The lowest BCUT2D eigenvalue weighted by Gasteiger charge is -2.39. The summed E-state index contributed by atoms with van der Waals surface area (Å²) >= 11 is 5.97. The average molecular weight is 391 g/mol. The summed E-state index contributed by atoms with van der Waals surface area (Å²) in [5, 5.41) is 11.1. The van der Waals surface area contributed by atoms with E-state index in [1.54, 1.807) is 0 Å². The molecule has 0 amide bonds. The van der Waals surface area contributed by atoms with Crippen molar-refractivity contribution in [3.8, 4) is 11.5 Å². The summed E-state index contributed by atoms with van der Waals surface area (Å²) < 4.78 is 46.2. The maximum atomic E-state index is 12.3. The van der Waals surface area contributed by atoms with Crippen molar-refractivity contribution in [2.45, 2.75) is 32.7 Å². The maximum Gasteiger partial charge on any atom is 0.573 e. The molecule has 0 bridgehead atoms. The van der Waals surface area contributed by atoms with Gasteiger partial charge in [-0.05, 0) is 17.5 Å². The Bertz CT molecular complexity index is 751. The van der Waals surface area contributed by atoms with Crippen LogP contribution in [0.3, 0.4) is 0 Å². The second-order valence-corrected chi connectivity index (χ2v) is 7.07. The number of hydrogen-bond donors (Lipinski definition) is 1. The molecule has 0 saturated carbocycles. The van der Waals surface area contributed by atoms with Gasteiger partial charge in [-0.2, -0.15) is 0 Å². The molecule has 1 unspecified atom stereocenters. The van der Waals surface area contributed by atoms with Crippen LogP contribution in [0.5, 0.6) is 11.5 Å². The van der Waals surface area contributed by atoms with E-state index in [0.29, 0.717) is 5.56 Å². The highest BCUT2D eigenvalue weighted by Crippen LogP contribution is 2.40. The van der Waals surface area contributed by atoms with E-state index in [-0.39, 0.29) is 17.4 Å². The lowest BCUT2D eigenvalue weighted by atomic mass is 9.73. The number of nitrogens with zero attached hydrogens (tertiary/aromatic N) is 2. The molecule has 26 heavy (non-hydrogen) atoms. The van der Waals surface area contributed by atoms with Crippen LogP contribution < -0.4 is 9.47 Å². The fraction of sp³-hybridized carbons (Fsp3) is 0.412. The highest BCUT2D eigenvalue weighted by atomic mass is 35.5. The van der Waals surface area contributed by atoms with Crippen LogP contribution in [0.25, 0.3) is 0 Å². The van der Waals surface area contributed by atoms with E-state index in [0.717, 1.165) is 12.1 Å². The predicted molar refractivity (Wildman–Crippen MR) is 89.0 cm³/mol. The summed E-state index contributed by atoms with van der Waals surface area (Å²) in [4.78, 5) is 7.81. The van der Waals surface area contributed by atoms with Crippen LogP contribution in [-0.4, -0.2) is 28.0 Å². The zero-order valence-corrected chi connectivity index (χ0v) is 15.1. The molecule has 0 aliphatic carbocycles. The summed E-state index contributed by atoms with van der Waals surface area (Å²) in [5.41, 5.74) is -1.66. The molecule has 0 spiro atoms. The van der Waals surface area contributed by atoms with Crippen LogP contribution in [0.2, 0.25) is 5.02 Å². The van der Waals surface area contributed by atoms with Gasteiger partial charge >= 0.3 is 6.36 Å². The fourth-order valence-electron chi connectivity index (χ4n) is 2.22. The third-order valence-corrected chi connectivity index (χ3v) is 4.15. The number of ether oxygens (including phenoxy) is 2. The first-order valence-corrected chi connectivity index (χ1v) is 7.96. The van der Waals surface area contributed by atoms with Gasteiger partial charge in [0.05, 0.1) is 5.02 Å². The monoisotopic (exact) mass is 390 g/mol. The number of aromatic nitrogens is 2. The lowest BCUT2D eigenvalue weighted by Crippen LogP contribution is -2.45. The van der Waals surface area contributed by atoms with E-state index < -0.39 is 23.1 Å². The molecule has 1 aromatic carbocycles. The summed E-state index contributed by atoms with van der Waals surface area (Å²) in [5.74, 6) is -0.349. The smallest absolute Gasteiger partial charge is 0.489 e. The topological polar surface area (TPSA) is 64.5 Å². The number of rotatable bonds is 5. The van der Waals surface area contributed by atoms with Gasteiger partial charge in [0, 0.05) is 24.0 Å². The van der Waals surface area contributed by atoms with Gasteiger partial charge in [0.2, 0.25) is 0 Å². The van der Waals surface area contributed by atoms with Gasteiger partial charge in [0.25, 0.3) is 0 Å². The standard InChI is InChI=1S/C17H18ClF3N2O3/c1-15(2,3)16(24,11-7-22-10-23-8-11)9-25-14-5-4-12(6-13(14)18)26-17(19,20)21/h4-8,10,24H,9H2,1-3H3. The van der Waals surface area contributed by atoms with Crippen molar-refractivity contribution < 1.29 is 27.8 Å². The summed E-state index contributed by atoms with van der Waals surface area (Å²) in [7, 11) is 0. The Morgan fingerprint density at radius 1 is 1.12 bits per heavy atom. The van der Waals surface area contributed by atoms with Crippen molar-refractivity contribution in [2.75, 3.05) is 6.61 Å². The van der Waals surface area contributed by atoms with Crippen LogP contribution in [0.4, 0.5) is 13.2 Å². The maximum absolute atomic E-state index is 12.3. The normalized spacial score (nSPS) is 14.6. The van der Waals surface area contributed by atoms with Gasteiger partial charge in [-0.25, -0.2) is 9.97 Å². The minimum absolute atomic E-state index is 0.0766. The quantitative estimate of drug-likeness (QED) is 0.822. The van der Waals surface area contributed by atoms with Gasteiger partial charge in [-0.15, -0.1) is 13.2 Å². The largest absolute Gasteiger partial charge is 0.573 e. The zero-order chi connectivity index (χ0) is 19.6. The first-order chi connectivity index (χ1) is 11.9. The van der Waals surface area contributed by atoms with Crippen molar-refractivity contribution in [2.24, 2.45) is 5.41 Å². The van der Waals surface area contributed by atoms with E-state index in [1.165, 1.54) is 24.8 Å². The Labute approximate surface area is 153 Å². The number of halogens is 4. The SMILES string of the molecule is CC(C)(C)C(O)(COc1ccc(OC(F)(F)F)cc1Cl)c1cncnc1. The first-order valence-electron chi connectivity index (χ1n) is 7.58. The molecule has 0 radical (unpaired) electrons. The summed E-state index contributed by atoms with van der Waals surface area (Å²) in [6, 6.07) is 3.32. The highest BCUT2D eigenvalue weighted by molar-refractivity contribution is 6.32. The first kappa shape index (κ1) is 20.3. The van der Waals surface area contributed by atoms with Gasteiger partial charge in [0.15, 0.2) is 0 Å². The Morgan fingerprint density at radius 2 is 1.73 bits per heavy atom. The van der Waals surface area contributed by atoms with E-state index in [1.807, 2.05) is 20.8 Å². The van der Waals surface area contributed by atoms with Crippen LogP contribution in [0.1, 0.15) is 26.3 Å². The number of aliphatic hydroxyl groups is 1. The van der Waals surface area contributed by atoms with Crippen molar-refractivity contribution in [1.29, 1.82) is 0 Å². The van der Waals surface area contributed by atoms with Gasteiger partial charge in [0.1, 0.15) is 30.0 Å². The highest BCUT2D eigenvalue weighted by Gasteiger charge is 2.43. The molecular formula is C17H18ClF3N2O3. The third-order valence-electron chi connectivity index (χ3n) is 3.85. The number of hydrogen-bond acceptors (Lipinski definition) is 5. The molecule has 1 atom stereocenters. The molecule has 1 heterocycles. The van der Waals surface area contributed by atoms with E-state index in [2.05, 4.69) is 14.7 Å². The van der Waals surface area contributed by atoms with Crippen LogP contribution >= 0.6 is 11.6 Å². The van der Waals surface area contributed by atoms with Crippen LogP contribution in [-0.2, 0) is 5.60 Å². The van der Waals surface area contributed by atoms with Crippen molar-refractivity contribution >= 4 is 11.6 Å². The van der Waals surface area contributed by atoms with E-state index >= 15 is 0 Å². The minimum Gasteiger partial charge on any atom is -0.489 e. The molecular weight excluding hydrogens is 373 g/mol. The zero-order valence-electron chi connectivity index (χ0n) is 14.3. The van der Waals surface area contributed by atoms with Gasteiger partial charge in [-0.3, -0.25) is 0 Å². The molecule has 0 fully saturated rings. The molecule has 0 saturated heterocycles. The minimum atomic E-state index is -4.81. The van der Waals surface area contributed by atoms with Gasteiger partial charge < -0.3 is 14.6 Å². The predicted octanol–water partition coefficient (Wildman–Crippen LogP) is 4.34. The van der Waals surface area contributed by atoms with E-state index in [4.69, 9.17) is 16.3 Å². The summed E-state index contributed by atoms with van der Waals surface area (Å²) in [6.07, 6.45) is -0.526. The van der Waals surface area contributed by atoms with Crippen molar-refractivity contribution in [1.82, 2.24) is 9.97 Å². The molecule has 1 N–H and O–H groups in total. The Morgan fingerprint density at radius 3 is 2.23 bits per heavy atom. The molecule has 1 aromatic heterocycles.